The topological polar surface area (TPSA) is 430 Å². The molecule has 744 valence electrons. The molecule has 2 saturated heterocycles. The molecule has 2 aliphatic carbocycles. The molecule has 131 heavy (non-hydrogen) atoms. The van der Waals surface area contributed by atoms with Crippen LogP contribution in [0.2, 0.25) is 0 Å². The average Bonchev–Trinajstić information content (AvgIpc) is 1.79. The van der Waals surface area contributed by atoms with Crippen LogP contribution in [0.25, 0.3) is 0 Å². The van der Waals surface area contributed by atoms with Crippen LogP contribution in [0.15, 0.2) is 60.7 Å². The Morgan fingerprint density at radius 1 is 0.466 bits per heavy atom. The predicted octanol–water partition coefficient (Wildman–Crippen LogP) is 10.6. The Kier molecular flexibility index (Phi) is 45.7. The lowest BCUT2D eigenvalue weighted by atomic mass is 9.83. The first-order valence-corrected chi connectivity index (χ1v) is 49.7. The van der Waals surface area contributed by atoms with Crippen molar-refractivity contribution < 1.29 is 108 Å². The Morgan fingerprint density at radius 3 is 1.11 bits per heavy atom. The van der Waals surface area contributed by atoms with Crippen molar-refractivity contribution in [2.75, 3.05) is 69.7 Å². The lowest BCUT2D eigenvalue weighted by Crippen LogP contribution is -2.55. The SMILES string of the molecule is CC[C@H](C)[C@@H]([C@@H](CC(=O)N1CCC[C@H]1[C@H](OC)[C@@H](C)C(=O)N[C@@H](Cc1ccccc1)C(=O)NS(=O)(=O)C1CC1)OC)N(C)C(=O)[C@@H](CC(=O)[C@H](C(C)C)N(C)C(=O)OC(C)(C)C)C(C)C.CC[C@H](C)[C@@H]([C@@H](CC(=O)N1CCC[C@H]1[C@H](OC)[C@@H](C)C(=O)O)OC)N(C)C(=O)[C@@H](CC(=O)[C@H](C(C)C)N(C)C(=O)OC(C)(C)C)C(C)C.N[C@@H](Cc1ccccc1)C(=O)NS(=O)(=O)C1CC1. The first kappa shape index (κ1) is 115. The number of carboxylic acids is 1. The van der Waals surface area contributed by atoms with Gasteiger partial charge in [0.2, 0.25) is 49.6 Å². The quantitative estimate of drug-likeness (QED) is 0.0411. The fraction of sp³-hybridized carbons (Fsp3) is 0.750. The number of nitrogens with one attached hydrogen (secondary N) is 3. The molecule has 2 aliphatic heterocycles. The summed E-state index contributed by atoms with van der Waals surface area (Å²) in [6.07, 6.45) is 2.24. The largest absolute Gasteiger partial charge is 0.481 e. The number of methoxy groups -OCH3 is 4. The highest BCUT2D eigenvalue weighted by atomic mass is 32.2. The zero-order valence-corrected chi connectivity index (χ0v) is 85.0. The molecule has 0 spiro atoms. The van der Waals surface area contributed by atoms with Gasteiger partial charge in [-0.15, -0.1) is 0 Å². The zero-order valence-electron chi connectivity index (χ0n) is 83.4. The molecule has 33 nitrogen and oxygen atoms in total. The maximum absolute atomic E-state index is 14.6. The fourth-order valence-electron chi connectivity index (χ4n) is 17.7. The highest BCUT2D eigenvalue weighted by Crippen LogP contribution is 2.36. The molecule has 4 aliphatic rings. The Morgan fingerprint density at radius 2 is 0.809 bits per heavy atom. The summed E-state index contributed by atoms with van der Waals surface area (Å²) in [5.74, 6) is -8.43. The van der Waals surface area contributed by atoms with Gasteiger partial charge in [0, 0.05) is 101 Å². The van der Waals surface area contributed by atoms with Crippen LogP contribution >= 0.6 is 0 Å². The summed E-state index contributed by atoms with van der Waals surface area (Å²) in [7, 11) is 5.09. The highest BCUT2D eigenvalue weighted by Gasteiger charge is 2.49. The lowest BCUT2D eigenvalue weighted by Gasteiger charge is -2.41. The number of Topliss-reactive ketones (excluding diaryl/α,β-unsaturated/α-hetero) is 2. The van der Waals surface area contributed by atoms with E-state index in [4.69, 9.17) is 34.2 Å². The van der Waals surface area contributed by atoms with Crippen LogP contribution in [0.4, 0.5) is 9.59 Å². The molecule has 6 rings (SSSR count). The van der Waals surface area contributed by atoms with Gasteiger partial charge < -0.3 is 74.0 Å². The van der Waals surface area contributed by atoms with Gasteiger partial charge in [-0.1, -0.05) is 164 Å². The third-order valence-electron chi connectivity index (χ3n) is 25.7. The Labute approximate surface area is 781 Å². The van der Waals surface area contributed by atoms with E-state index in [1.54, 1.807) is 127 Å². The van der Waals surface area contributed by atoms with Gasteiger partial charge in [-0.25, -0.2) is 26.4 Å². The molecule has 0 unspecified atom stereocenters. The van der Waals surface area contributed by atoms with E-state index in [9.17, 15) is 79.5 Å². The maximum atomic E-state index is 14.6. The highest BCUT2D eigenvalue weighted by molar-refractivity contribution is 7.91. The average molecular weight is 1890 g/mol. The van der Waals surface area contributed by atoms with Crippen molar-refractivity contribution in [2.45, 2.75) is 336 Å². The van der Waals surface area contributed by atoms with Crippen LogP contribution in [0.3, 0.4) is 0 Å². The number of ketones is 2. The number of ether oxygens (including phenoxy) is 6. The molecule has 9 amide bonds. The Balaban J connectivity index is 0.000000472. The van der Waals surface area contributed by atoms with Crippen molar-refractivity contribution in [2.24, 2.45) is 64.9 Å². The standard InChI is InChI=1S/C48H79N5O11S.C36H65N3O9.C12H16N2O3S/c1-15-31(6)42(51(11)46(58)35(29(2)3)27-38(54)41(30(4)5)52(12)47(59)64-48(8,9)10)39(62-13)28-40(55)53-25-19-22-37(53)43(63-14)32(7)44(56)49-36(26-33-20-17-16-18-21-33)45(57)50-65(60,61)34-23-24-34;1-15-23(6)31(28(46-13)20-29(41)39-18-16-17-26(39)32(47-14)24(7)34(43)44)37(11)33(42)25(21(2)3)19-27(40)30(22(4)5)38(12)35(45)48-36(8,9)10;13-11(8-9-4-2-1-3-5-9)12(15)14-18(16,17)10-6-7-10/h16-18,20-21,29-32,34-37,39,41-43H,15,19,22-28H2,1-14H3,(H,49,56)(H,50,57);21-26,28,30-32H,15-20H2,1-14H3,(H,43,44);1-5,10-11H,6-8,13H2,(H,14,15)/t31-,32+,35-,36-,37-,39+,41-,42-,43+;23-,24+,25-,26-,28+,30-,31-,32+;11-/m000/s1. The van der Waals surface area contributed by atoms with Crippen molar-refractivity contribution in [3.8, 4) is 0 Å². The number of likely N-dealkylation sites (tertiary alicyclic amines) is 2. The summed E-state index contributed by atoms with van der Waals surface area (Å²) in [5, 5.41) is 11.4. The van der Waals surface area contributed by atoms with Crippen molar-refractivity contribution >= 4 is 91.1 Å². The van der Waals surface area contributed by atoms with Crippen LogP contribution in [0.5, 0.6) is 0 Å². The molecular weight excluding hydrogens is 1730 g/mol. The number of carbonyl (C=O) groups is 12. The van der Waals surface area contributed by atoms with Gasteiger partial charge in [-0.05, 0) is 153 Å². The van der Waals surface area contributed by atoms with Crippen LogP contribution in [0, 0.1) is 59.2 Å². The van der Waals surface area contributed by atoms with Gasteiger partial charge in [0.05, 0.1) is 102 Å². The van der Waals surface area contributed by atoms with Crippen LogP contribution in [-0.4, -0.2) is 287 Å². The van der Waals surface area contributed by atoms with Gasteiger partial charge in [0.15, 0.2) is 11.6 Å². The van der Waals surface area contributed by atoms with E-state index in [2.05, 4.69) is 10.0 Å². The molecular formula is C96H160N10O23S2. The monoisotopic (exact) mass is 1890 g/mol. The van der Waals surface area contributed by atoms with Crippen LogP contribution < -0.4 is 20.5 Å². The number of benzene rings is 2. The first-order valence-electron chi connectivity index (χ1n) is 46.6. The normalized spacial score (nSPS) is 19.2. The summed E-state index contributed by atoms with van der Waals surface area (Å²) >= 11 is 0. The number of amides is 9. The van der Waals surface area contributed by atoms with E-state index < -0.39 is 168 Å². The first-order chi connectivity index (χ1) is 60.9. The number of aliphatic carboxylic acids is 1. The molecule has 0 aromatic heterocycles. The minimum atomic E-state index is -3.88. The Hall–Kier alpha value is -8.22. The summed E-state index contributed by atoms with van der Waals surface area (Å²) < 4.78 is 87.4. The molecule has 35 heteroatoms. The summed E-state index contributed by atoms with van der Waals surface area (Å²) in [6.45, 7) is 37.8. The summed E-state index contributed by atoms with van der Waals surface area (Å²) in [4.78, 5) is 171. The van der Waals surface area contributed by atoms with E-state index in [0.717, 1.165) is 17.5 Å². The second-order valence-electron chi connectivity index (χ2n) is 39.6. The third-order valence-corrected chi connectivity index (χ3v) is 29.3. The van der Waals surface area contributed by atoms with Crippen molar-refractivity contribution in [1.29, 1.82) is 0 Å². The number of hydrogen-bond acceptors (Lipinski definition) is 23. The zero-order chi connectivity index (χ0) is 99.6. The van der Waals surface area contributed by atoms with Gasteiger partial charge in [-0.2, -0.15) is 0 Å². The number of rotatable bonds is 47. The molecule has 2 aromatic rings. The second-order valence-corrected chi connectivity index (χ2v) is 43.5. The summed E-state index contributed by atoms with van der Waals surface area (Å²) in [6, 6.07) is 12.7. The Bertz CT molecular complexity index is 4290. The van der Waals surface area contributed by atoms with E-state index in [1.165, 1.54) is 38.2 Å². The summed E-state index contributed by atoms with van der Waals surface area (Å²) in [5.41, 5.74) is 5.85. The molecule has 2 heterocycles. The number of carboxylic acid groups (broad SMARTS) is 1. The molecule has 2 saturated carbocycles. The van der Waals surface area contributed by atoms with Crippen LogP contribution in [-0.2, 0) is 109 Å². The van der Waals surface area contributed by atoms with E-state index >= 15 is 0 Å². The minimum Gasteiger partial charge on any atom is -0.481 e. The van der Waals surface area contributed by atoms with Gasteiger partial charge >= 0.3 is 18.2 Å². The number of hydrogen-bond donors (Lipinski definition) is 5. The van der Waals surface area contributed by atoms with Crippen molar-refractivity contribution in [3.05, 3.63) is 71.8 Å². The second kappa shape index (κ2) is 52.0. The van der Waals surface area contributed by atoms with Crippen molar-refractivity contribution in [3.63, 3.8) is 0 Å². The number of nitrogens with zero attached hydrogens (tertiary/aromatic N) is 6. The smallest absolute Gasteiger partial charge is 0.410 e. The van der Waals surface area contributed by atoms with E-state index in [-0.39, 0.29) is 109 Å². The van der Waals surface area contributed by atoms with E-state index in [0.29, 0.717) is 77.3 Å². The van der Waals surface area contributed by atoms with Crippen molar-refractivity contribution in [1.82, 2.24) is 44.2 Å². The molecule has 6 N–H and O–H groups in total. The number of sulfonamides is 2. The molecule has 0 bridgehead atoms. The maximum Gasteiger partial charge on any atom is 0.410 e. The van der Waals surface area contributed by atoms with Gasteiger partial charge in [-0.3, -0.25) is 57.4 Å². The predicted molar refractivity (Wildman–Crippen MR) is 501 cm³/mol. The van der Waals surface area contributed by atoms with E-state index in [1.807, 2.05) is 124 Å². The van der Waals surface area contributed by atoms with Gasteiger partial charge in [0.25, 0.3) is 11.8 Å². The fourth-order valence-corrected chi connectivity index (χ4v) is 20.4. The molecule has 4 fully saturated rings. The number of likely N-dealkylation sites (N-methyl/N-ethyl adjacent to an activating group) is 4. The van der Waals surface area contributed by atoms with Gasteiger partial charge in [0.1, 0.15) is 17.2 Å². The lowest BCUT2D eigenvalue weighted by molar-refractivity contribution is -0.152. The van der Waals surface area contributed by atoms with Crippen LogP contribution in [0.1, 0.15) is 239 Å². The number of nitrogens with two attached hydrogens (primary N) is 1. The molecule has 0 radical (unpaired) electrons. The minimum absolute atomic E-state index is 0.00110. The molecule has 2 aromatic carbocycles. The molecule has 18 atom stereocenters. The third kappa shape index (κ3) is 34.3. The number of carbonyl (C=O) groups excluding carboxylic acids is 11.